The van der Waals surface area contributed by atoms with Crippen molar-refractivity contribution in [2.24, 2.45) is 0 Å². The summed E-state index contributed by atoms with van der Waals surface area (Å²) < 4.78 is 22.1. The maximum Gasteiger partial charge on any atom is 0.306 e. The van der Waals surface area contributed by atoms with Crippen molar-refractivity contribution in [3.63, 3.8) is 0 Å². The Morgan fingerprint density at radius 3 is 1.54 bits per heavy atom. The van der Waals surface area contributed by atoms with Crippen molar-refractivity contribution >= 4 is 11.9 Å². The Balaban J connectivity index is 2.40. The lowest BCUT2D eigenvalue weighted by atomic mass is 9.99. The fourth-order valence-electron chi connectivity index (χ4n) is 6.40. The Morgan fingerprint density at radius 2 is 0.983 bits per heavy atom. The van der Waals surface area contributed by atoms with Crippen LogP contribution in [0.4, 0.5) is 0 Å². The largest absolute Gasteiger partial charge is 0.462 e. The van der Waals surface area contributed by atoms with Crippen molar-refractivity contribution < 1.29 is 49.0 Å². The molecule has 1 fully saturated rings. The number of allylic oxidation sites excluding steroid dienone is 12. The molecule has 10 nitrogen and oxygen atoms in total. The first kappa shape index (κ1) is 54.2. The van der Waals surface area contributed by atoms with Crippen molar-refractivity contribution in [3.8, 4) is 0 Å². The number of aliphatic hydroxyl groups excluding tert-OH is 4. The number of carbonyl (C=O) groups is 2. The lowest BCUT2D eigenvalue weighted by Gasteiger charge is -2.39. The molecule has 0 bridgehead atoms. The minimum absolute atomic E-state index is 0.146. The van der Waals surface area contributed by atoms with Gasteiger partial charge < -0.3 is 39.4 Å². The number of hydrogen-bond acceptors (Lipinski definition) is 10. The monoisotopic (exact) mass is 831 g/mol. The van der Waals surface area contributed by atoms with E-state index in [4.69, 9.17) is 18.9 Å². The van der Waals surface area contributed by atoms with Gasteiger partial charge in [0, 0.05) is 12.8 Å². The molecule has 1 aliphatic rings. The number of ether oxygens (including phenoxy) is 4. The smallest absolute Gasteiger partial charge is 0.306 e. The maximum atomic E-state index is 12.8. The molecule has 1 rings (SSSR count). The average Bonchev–Trinajstić information content (AvgIpc) is 3.23. The fourth-order valence-corrected chi connectivity index (χ4v) is 6.40. The minimum atomic E-state index is -1.61. The van der Waals surface area contributed by atoms with E-state index in [0.29, 0.717) is 12.8 Å². The predicted octanol–water partition coefficient (Wildman–Crippen LogP) is 10.00. The Hall–Kier alpha value is -2.86. The van der Waals surface area contributed by atoms with Crippen LogP contribution >= 0.6 is 0 Å². The molecule has 59 heavy (non-hydrogen) atoms. The number of hydrogen-bond donors (Lipinski definition) is 4. The summed E-state index contributed by atoms with van der Waals surface area (Å²) in [5.74, 6) is -0.926. The van der Waals surface area contributed by atoms with Crippen LogP contribution in [-0.4, -0.2) is 89.0 Å². The quantitative estimate of drug-likeness (QED) is 0.0271. The molecule has 338 valence electrons. The molecule has 0 aliphatic carbocycles. The molecule has 2 unspecified atom stereocenters. The lowest BCUT2D eigenvalue weighted by Crippen LogP contribution is -2.59. The molecule has 6 atom stereocenters. The van der Waals surface area contributed by atoms with Gasteiger partial charge in [-0.1, -0.05) is 151 Å². The molecule has 0 aromatic rings. The highest BCUT2D eigenvalue weighted by Crippen LogP contribution is 2.22. The summed E-state index contributed by atoms with van der Waals surface area (Å²) in [7, 11) is 0. The number of unbranched alkanes of at least 4 members (excludes halogenated alkanes) is 14. The van der Waals surface area contributed by atoms with Gasteiger partial charge in [0.1, 0.15) is 31.0 Å². The van der Waals surface area contributed by atoms with E-state index in [-0.39, 0.29) is 26.1 Å². The van der Waals surface area contributed by atoms with Crippen LogP contribution < -0.4 is 0 Å². The topological polar surface area (TPSA) is 152 Å². The second-order valence-electron chi connectivity index (χ2n) is 15.5. The van der Waals surface area contributed by atoms with Gasteiger partial charge in [-0.3, -0.25) is 9.59 Å². The van der Waals surface area contributed by atoms with Crippen molar-refractivity contribution in [2.75, 3.05) is 19.8 Å². The summed E-state index contributed by atoms with van der Waals surface area (Å²) in [5.41, 5.74) is 0. The summed E-state index contributed by atoms with van der Waals surface area (Å²) in [6.07, 6.45) is 42.0. The third-order valence-corrected chi connectivity index (χ3v) is 10.1. The van der Waals surface area contributed by atoms with E-state index in [1.54, 1.807) is 0 Å². The van der Waals surface area contributed by atoms with Crippen LogP contribution in [0.2, 0.25) is 0 Å². The summed E-state index contributed by atoms with van der Waals surface area (Å²) in [4.78, 5) is 25.3. The van der Waals surface area contributed by atoms with Crippen LogP contribution in [0.1, 0.15) is 168 Å². The molecule has 0 saturated carbocycles. The molecule has 0 aromatic heterocycles. The standard InChI is InChI=1S/C49H82O10/c1-3-5-7-9-11-13-15-17-19-20-21-22-24-25-27-29-31-33-35-37-44(51)56-40-42(41-57-49-48(55)47(54)46(53)43(39-50)59-49)58-45(52)38-36-34-32-30-28-26-23-18-16-14-12-10-8-6-4-2/h11,13,17,19,21-22,25-28,31,33,42-43,46-50,53-55H,3-10,12,14-16,18,20,23-24,29-30,32,34-41H2,1-2H3/b13-11+,19-17+,22-21+,27-25+,28-26+,33-31+/t42-,43-,46+,47?,48?,49-/m0/s1. The van der Waals surface area contributed by atoms with Gasteiger partial charge in [-0.2, -0.15) is 0 Å². The second-order valence-corrected chi connectivity index (χ2v) is 15.5. The van der Waals surface area contributed by atoms with E-state index in [0.717, 1.165) is 51.4 Å². The first-order chi connectivity index (χ1) is 28.8. The molecule has 4 N–H and O–H groups in total. The number of esters is 2. The highest BCUT2D eigenvalue weighted by atomic mass is 16.7. The molecular formula is C49H82O10. The zero-order valence-corrected chi connectivity index (χ0v) is 36.7. The van der Waals surface area contributed by atoms with Crippen molar-refractivity contribution in [1.29, 1.82) is 0 Å². The van der Waals surface area contributed by atoms with Crippen LogP contribution in [0.5, 0.6) is 0 Å². The van der Waals surface area contributed by atoms with E-state index < -0.39 is 55.4 Å². The maximum absolute atomic E-state index is 12.8. The third-order valence-electron chi connectivity index (χ3n) is 10.1. The van der Waals surface area contributed by atoms with Crippen LogP contribution in [0, 0.1) is 0 Å². The molecule has 0 aromatic carbocycles. The normalized spacial score (nSPS) is 20.7. The molecule has 1 saturated heterocycles. The molecule has 0 spiro atoms. The first-order valence-corrected chi connectivity index (χ1v) is 23.0. The number of rotatable bonds is 37. The van der Waals surface area contributed by atoms with E-state index in [1.165, 1.54) is 77.0 Å². The highest BCUT2D eigenvalue weighted by Gasteiger charge is 2.44. The van der Waals surface area contributed by atoms with Gasteiger partial charge in [-0.15, -0.1) is 0 Å². The van der Waals surface area contributed by atoms with Gasteiger partial charge in [-0.05, 0) is 77.0 Å². The summed E-state index contributed by atoms with van der Waals surface area (Å²) in [6.45, 7) is 3.29. The Kier molecular flexibility index (Phi) is 36.1. The predicted molar refractivity (Wildman–Crippen MR) is 238 cm³/mol. The minimum Gasteiger partial charge on any atom is -0.462 e. The van der Waals surface area contributed by atoms with Crippen LogP contribution in [-0.2, 0) is 28.5 Å². The molecule has 1 heterocycles. The van der Waals surface area contributed by atoms with Gasteiger partial charge in [0.05, 0.1) is 13.2 Å². The second kappa shape index (κ2) is 39.3. The van der Waals surface area contributed by atoms with E-state index in [1.807, 2.05) is 12.2 Å². The van der Waals surface area contributed by atoms with Crippen LogP contribution in [0.25, 0.3) is 0 Å². The van der Waals surface area contributed by atoms with E-state index >= 15 is 0 Å². The third kappa shape index (κ3) is 30.8. The van der Waals surface area contributed by atoms with Gasteiger partial charge in [-0.25, -0.2) is 0 Å². The number of carbonyl (C=O) groups excluding carboxylic acids is 2. The molecule has 10 heteroatoms. The van der Waals surface area contributed by atoms with Gasteiger partial charge in [0.2, 0.25) is 0 Å². The van der Waals surface area contributed by atoms with Crippen molar-refractivity contribution in [1.82, 2.24) is 0 Å². The lowest BCUT2D eigenvalue weighted by molar-refractivity contribution is -0.305. The van der Waals surface area contributed by atoms with Gasteiger partial charge >= 0.3 is 11.9 Å². The summed E-state index contributed by atoms with van der Waals surface area (Å²) in [6, 6.07) is 0. The van der Waals surface area contributed by atoms with Crippen LogP contribution in [0.3, 0.4) is 0 Å². The number of aliphatic hydroxyl groups is 4. The molecule has 0 radical (unpaired) electrons. The first-order valence-electron chi connectivity index (χ1n) is 23.0. The fraction of sp³-hybridized carbons (Fsp3) is 0.714. The summed E-state index contributed by atoms with van der Waals surface area (Å²) in [5, 5.41) is 40.1. The van der Waals surface area contributed by atoms with Crippen molar-refractivity contribution in [3.05, 3.63) is 72.9 Å². The Morgan fingerprint density at radius 1 is 0.525 bits per heavy atom. The molecule has 1 aliphatic heterocycles. The zero-order chi connectivity index (χ0) is 43.0. The Labute approximate surface area is 357 Å². The average molecular weight is 831 g/mol. The molecule has 0 amide bonds. The summed E-state index contributed by atoms with van der Waals surface area (Å²) >= 11 is 0. The van der Waals surface area contributed by atoms with Gasteiger partial charge in [0.15, 0.2) is 12.4 Å². The van der Waals surface area contributed by atoms with Crippen LogP contribution in [0.15, 0.2) is 72.9 Å². The SMILES string of the molecule is CCCCC/C=C/C/C=C/C/C=C/C/C=C/C/C=C/CCC(=O)OC[C@@H](CO[C@H]1O[C@@H](CO)[C@@H](O)C(O)C1O)OC(=O)CCCCC/C=C/CCCCCCCCCC. The van der Waals surface area contributed by atoms with E-state index in [2.05, 4.69) is 74.6 Å². The Bertz CT molecular complexity index is 1190. The highest BCUT2D eigenvalue weighted by molar-refractivity contribution is 5.70. The molecular weight excluding hydrogens is 749 g/mol. The van der Waals surface area contributed by atoms with Gasteiger partial charge in [0.25, 0.3) is 0 Å². The van der Waals surface area contributed by atoms with E-state index in [9.17, 15) is 30.0 Å². The van der Waals surface area contributed by atoms with Crippen molar-refractivity contribution in [2.45, 2.75) is 205 Å². The zero-order valence-electron chi connectivity index (χ0n) is 36.7.